The summed E-state index contributed by atoms with van der Waals surface area (Å²) >= 11 is 3.40. The van der Waals surface area contributed by atoms with Crippen LogP contribution in [0.2, 0.25) is 0 Å². The van der Waals surface area contributed by atoms with Gasteiger partial charge in [-0.2, -0.15) is 0 Å². The molecule has 0 bridgehead atoms. The van der Waals surface area contributed by atoms with Gasteiger partial charge in [-0.15, -0.1) is 0 Å². The number of anilines is 1. The third-order valence-corrected chi connectivity index (χ3v) is 5.32. The number of ether oxygens (including phenoxy) is 1. The first-order valence-corrected chi connectivity index (χ1v) is 8.85. The Bertz CT molecular complexity index is 639. The van der Waals surface area contributed by atoms with Crippen LogP contribution in [0.1, 0.15) is 12.8 Å². The Hall–Kier alpha value is -1.44. The van der Waals surface area contributed by atoms with Crippen LogP contribution in [-0.4, -0.2) is 60.8 Å². The molecule has 0 unspecified atom stereocenters. The average molecular weight is 397 g/mol. The predicted molar refractivity (Wildman–Crippen MR) is 92.6 cm³/mol. The number of amides is 2. The van der Waals surface area contributed by atoms with Gasteiger partial charge in [-0.05, 0) is 31.0 Å². The second-order valence-corrected chi connectivity index (χ2v) is 7.15. The van der Waals surface area contributed by atoms with Gasteiger partial charge in [-0.1, -0.05) is 22.0 Å². The van der Waals surface area contributed by atoms with Crippen LogP contribution in [0.25, 0.3) is 0 Å². The molecule has 0 spiro atoms. The second-order valence-electron chi connectivity index (χ2n) is 6.23. The Morgan fingerprint density at radius 1 is 1.46 bits per heavy atom. The molecule has 2 heterocycles. The normalized spacial score (nSPS) is 27.1. The van der Waals surface area contributed by atoms with Crippen molar-refractivity contribution >= 4 is 33.4 Å². The molecule has 1 N–H and O–H groups in total. The van der Waals surface area contributed by atoms with Gasteiger partial charge in [0.05, 0.1) is 18.8 Å². The fourth-order valence-electron chi connectivity index (χ4n) is 3.50. The minimum atomic E-state index is -0.673. The number of rotatable bonds is 4. The molecule has 0 aromatic heterocycles. The SMILES string of the molecule is CO[C@@H]1C[C@@H](CO)N(C(=O)[C@@H]2CCN(c3cccc(Br)c3)C2=O)C1. The molecule has 0 saturated carbocycles. The molecule has 7 heteroatoms. The molecule has 1 aromatic carbocycles. The number of benzene rings is 1. The van der Waals surface area contributed by atoms with Crippen LogP contribution >= 0.6 is 15.9 Å². The fraction of sp³-hybridized carbons (Fsp3) is 0.529. The van der Waals surface area contributed by atoms with Gasteiger partial charge < -0.3 is 19.6 Å². The first-order chi connectivity index (χ1) is 11.5. The third-order valence-electron chi connectivity index (χ3n) is 4.83. The molecular weight excluding hydrogens is 376 g/mol. The Morgan fingerprint density at radius 3 is 2.92 bits per heavy atom. The Labute approximate surface area is 149 Å². The number of hydrogen-bond acceptors (Lipinski definition) is 4. The molecule has 24 heavy (non-hydrogen) atoms. The van der Waals surface area contributed by atoms with E-state index in [4.69, 9.17) is 4.74 Å². The lowest BCUT2D eigenvalue weighted by Crippen LogP contribution is -2.44. The number of aliphatic hydroxyl groups excluding tert-OH is 1. The van der Waals surface area contributed by atoms with Crippen LogP contribution in [0.3, 0.4) is 0 Å². The minimum Gasteiger partial charge on any atom is -0.394 e. The van der Waals surface area contributed by atoms with Gasteiger partial charge in [0.1, 0.15) is 5.92 Å². The summed E-state index contributed by atoms with van der Waals surface area (Å²) < 4.78 is 6.21. The van der Waals surface area contributed by atoms with E-state index in [1.165, 1.54) is 0 Å². The zero-order chi connectivity index (χ0) is 17.3. The summed E-state index contributed by atoms with van der Waals surface area (Å²) in [6, 6.07) is 7.23. The van der Waals surface area contributed by atoms with E-state index in [9.17, 15) is 14.7 Å². The van der Waals surface area contributed by atoms with Gasteiger partial charge in [0, 0.05) is 30.4 Å². The number of nitrogens with zero attached hydrogens (tertiary/aromatic N) is 2. The quantitative estimate of drug-likeness (QED) is 0.781. The van der Waals surface area contributed by atoms with Crippen molar-refractivity contribution in [1.29, 1.82) is 0 Å². The highest BCUT2D eigenvalue weighted by atomic mass is 79.9. The summed E-state index contributed by atoms with van der Waals surface area (Å²) in [5.41, 5.74) is 0.791. The van der Waals surface area contributed by atoms with E-state index < -0.39 is 5.92 Å². The highest BCUT2D eigenvalue weighted by molar-refractivity contribution is 9.10. The molecule has 130 valence electrons. The van der Waals surface area contributed by atoms with Crippen LogP contribution in [0.5, 0.6) is 0 Å². The Morgan fingerprint density at radius 2 is 2.25 bits per heavy atom. The van der Waals surface area contributed by atoms with Gasteiger partial charge in [-0.25, -0.2) is 0 Å². The molecule has 3 atom stereocenters. The van der Waals surface area contributed by atoms with Gasteiger partial charge in [0.25, 0.3) is 0 Å². The van der Waals surface area contributed by atoms with Gasteiger partial charge >= 0.3 is 0 Å². The average Bonchev–Trinajstić information content (AvgIpc) is 3.17. The van der Waals surface area contributed by atoms with E-state index >= 15 is 0 Å². The lowest BCUT2D eigenvalue weighted by atomic mass is 10.1. The predicted octanol–water partition coefficient (Wildman–Crippen LogP) is 1.41. The van der Waals surface area contributed by atoms with Crippen molar-refractivity contribution in [2.24, 2.45) is 5.92 Å². The lowest BCUT2D eigenvalue weighted by Gasteiger charge is -2.25. The van der Waals surface area contributed by atoms with Crippen LogP contribution in [0.4, 0.5) is 5.69 Å². The summed E-state index contributed by atoms with van der Waals surface area (Å²) in [5, 5.41) is 9.52. The van der Waals surface area contributed by atoms with Crippen molar-refractivity contribution in [3.05, 3.63) is 28.7 Å². The molecule has 2 aliphatic heterocycles. The van der Waals surface area contributed by atoms with Crippen LogP contribution in [-0.2, 0) is 14.3 Å². The molecule has 2 amide bonds. The van der Waals surface area contributed by atoms with Gasteiger partial charge in [0.2, 0.25) is 11.8 Å². The second kappa shape index (κ2) is 7.21. The van der Waals surface area contributed by atoms with Crippen molar-refractivity contribution in [2.45, 2.75) is 25.0 Å². The standard InChI is InChI=1S/C17H21BrN2O4/c1-24-14-8-13(10-21)20(9-14)17(23)15-5-6-19(16(15)22)12-4-2-3-11(18)7-12/h2-4,7,13-15,21H,5-6,8-10H2,1H3/t13-,14+,15+/m0/s1. The summed E-state index contributed by atoms with van der Waals surface area (Å²) in [6.07, 6.45) is 1.02. The Balaban J connectivity index is 1.74. The molecule has 0 radical (unpaired) electrons. The third kappa shape index (κ3) is 3.20. The van der Waals surface area contributed by atoms with Crippen molar-refractivity contribution < 1.29 is 19.4 Å². The number of methoxy groups -OCH3 is 1. The van der Waals surface area contributed by atoms with Gasteiger partial charge in [0.15, 0.2) is 0 Å². The minimum absolute atomic E-state index is 0.0798. The van der Waals surface area contributed by atoms with Crippen molar-refractivity contribution in [2.75, 3.05) is 31.7 Å². The maximum atomic E-state index is 12.8. The van der Waals surface area contributed by atoms with Crippen molar-refractivity contribution in [3.63, 3.8) is 0 Å². The molecule has 1 aromatic rings. The topological polar surface area (TPSA) is 70.1 Å². The van der Waals surface area contributed by atoms with E-state index in [0.29, 0.717) is 25.9 Å². The number of likely N-dealkylation sites (tertiary alicyclic amines) is 1. The number of carbonyl (C=O) groups excluding carboxylic acids is 2. The first-order valence-electron chi connectivity index (χ1n) is 8.06. The van der Waals surface area contributed by atoms with E-state index in [0.717, 1.165) is 10.2 Å². The summed E-state index contributed by atoms with van der Waals surface area (Å²) in [6.45, 7) is 0.847. The largest absolute Gasteiger partial charge is 0.394 e. The maximum absolute atomic E-state index is 12.8. The number of carbonyl (C=O) groups is 2. The lowest BCUT2D eigenvalue weighted by molar-refractivity contribution is -0.141. The molecule has 2 fully saturated rings. The van der Waals surface area contributed by atoms with E-state index in [2.05, 4.69) is 15.9 Å². The summed E-state index contributed by atoms with van der Waals surface area (Å²) in [7, 11) is 1.60. The van der Waals surface area contributed by atoms with Gasteiger partial charge in [-0.3, -0.25) is 9.59 Å². The first kappa shape index (κ1) is 17.4. The molecule has 0 aliphatic carbocycles. The monoisotopic (exact) mass is 396 g/mol. The highest BCUT2D eigenvalue weighted by Crippen LogP contribution is 2.30. The summed E-state index contributed by atoms with van der Waals surface area (Å²) in [5.74, 6) is -1.04. The van der Waals surface area contributed by atoms with E-state index in [1.54, 1.807) is 16.9 Å². The van der Waals surface area contributed by atoms with Crippen LogP contribution < -0.4 is 4.90 Å². The molecular formula is C17H21BrN2O4. The zero-order valence-electron chi connectivity index (χ0n) is 13.5. The maximum Gasteiger partial charge on any atom is 0.239 e. The van der Waals surface area contributed by atoms with Crippen molar-refractivity contribution in [1.82, 2.24) is 4.90 Å². The molecule has 2 saturated heterocycles. The molecule has 3 rings (SSSR count). The van der Waals surface area contributed by atoms with Crippen molar-refractivity contribution in [3.8, 4) is 0 Å². The zero-order valence-corrected chi connectivity index (χ0v) is 15.1. The van der Waals surface area contributed by atoms with Crippen LogP contribution in [0.15, 0.2) is 28.7 Å². The molecule has 6 nitrogen and oxygen atoms in total. The highest BCUT2D eigenvalue weighted by Gasteiger charge is 2.44. The Kier molecular flexibility index (Phi) is 5.22. The summed E-state index contributed by atoms with van der Waals surface area (Å²) in [4.78, 5) is 28.8. The number of halogens is 1. The number of aliphatic hydroxyl groups is 1. The number of hydrogen-bond donors (Lipinski definition) is 1. The van der Waals surface area contributed by atoms with E-state index in [1.807, 2.05) is 24.3 Å². The van der Waals surface area contributed by atoms with E-state index in [-0.39, 0.29) is 30.6 Å². The molecule has 2 aliphatic rings. The fourth-order valence-corrected chi connectivity index (χ4v) is 3.88. The van der Waals surface area contributed by atoms with Crippen LogP contribution in [0, 0.1) is 5.92 Å². The smallest absolute Gasteiger partial charge is 0.239 e.